The highest BCUT2D eigenvalue weighted by atomic mass is 35.5. The van der Waals surface area contributed by atoms with Crippen molar-refractivity contribution in [1.82, 2.24) is 10.2 Å². The molecule has 1 aromatic rings. The van der Waals surface area contributed by atoms with Crippen molar-refractivity contribution in [1.29, 1.82) is 0 Å². The van der Waals surface area contributed by atoms with Gasteiger partial charge in [0.25, 0.3) is 0 Å². The Labute approximate surface area is 95.2 Å². The van der Waals surface area contributed by atoms with Crippen LogP contribution in [-0.2, 0) is 0 Å². The Bertz CT molecular complexity index is 317. The minimum absolute atomic E-state index is 0.181. The van der Waals surface area contributed by atoms with Crippen molar-refractivity contribution in [3.8, 4) is 0 Å². The molecule has 1 aliphatic carbocycles. The lowest BCUT2D eigenvalue weighted by atomic mass is 9.83. The van der Waals surface area contributed by atoms with Gasteiger partial charge in [0.2, 0.25) is 0 Å². The van der Waals surface area contributed by atoms with E-state index in [1.165, 1.54) is 32.1 Å². The standard InChI is InChI=1S/C11H16ClN3/c1-11(7-3-2-4-8-11)13-10-6-5-9(12)14-15-10/h5-6H,2-4,7-8H2,1H3,(H,13,15). The first-order valence-corrected chi connectivity index (χ1v) is 5.83. The van der Waals surface area contributed by atoms with Crippen LogP contribution < -0.4 is 5.32 Å². The average molecular weight is 226 g/mol. The van der Waals surface area contributed by atoms with Crippen molar-refractivity contribution in [2.24, 2.45) is 0 Å². The summed E-state index contributed by atoms with van der Waals surface area (Å²) in [5, 5.41) is 11.7. The van der Waals surface area contributed by atoms with E-state index in [1.807, 2.05) is 6.07 Å². The molecule has 82 valence electrons. The molecule has 0 radical (unpaired) electrons. The van der Waals surface area contributed by atoms with Crippen molar-refractivity contribution in [3.63, 3.8) is 0 Å². The van der Waals surface area contributed by atoms with Gasteiger partial charge in [-0.2, -0.15) is 0 Å². The van der Waals surface area contributed by atoms with Crippen LogP contribution in [0.5, 0.6) is 0 Å². The molecule has 1 aromatic heterocycles. The first kappa shape index (κ1) is 10.7. The molecule has 0 spiro atoms. The molecule has 0 atom stereocenters. The Hall–Kier alpha value is -0.830. The predicted molar refractivity (Wildman–Crippen MR) is 62.2 cm³/mol. The third-order valence-electron chi connectivity index (χ3n) is 3.02. The summed E-state index contributed by atoms with van der Waals surface area (Å²) in [6, 6.07) is 3.65. The molecule has 1 heterocycles. The number of hydrogen-bond donors (Lipinski definition) is 1. The van der Waals surface area contributed by atoms with E-state index in [1.54, 1.807) is 6.07 Å². The Morgan fingerprint density at radius 1 is 1.20 bits per heavy atom. The van der Waals surface area contributed by atoms with Crippen molar-refractivity contribution in [2.75, 3.05) is 5.32 Å². The van der Waals surface area contributed by atoms with E-state index in [-0.39, 0.29) is 5.54 Å². The van der Waals surface area contributed by atoms with Crippen LogP contribution in [0.25, 0.3) is 0 Å². The summed E-state index contributed by atoms with van der Waals surface area (Å²) in [6.07, 6.45) is 6.35. The van der Waals surface area contributed by atoms with Crippen molar-refractivity contribution < 1.29 is 0 Å². The second kappa shape index (κ2) is 4.35. The second-order valence-electron chi connectivity index (χ2n) is 4.49. The van der Waals surface area contributed by atoms with Crippen LogP contribution in [-0.4, -0.2) is 15.7 Å². The van der Waals surface area contributed by atoms with Gasteiger partial charge in [-0.15, -0.1) is 10.2 Å². The molecule has 0 bridgehead atoms. The molecule has 1 aliphatic rings. The molecule has 0 saturated heterocycles. The Kier molecular flexibility index (Phi) is 3.10. The van der Waals surface area contributed by atoms with Crippen LogP contribution >= 0.6 is 11.6 Å². The summed E-state index contributed by atoms with van der Waals surface area (Å²) in [5.41, 5.74) is 0.181. The lowest BCUT2D eigenvalue weighted by Crippen LogP contribution is -2.37. The monoisotopic (exact) mass is 225 g/mol. The molecule has 4 heteroatoms. The van der Waals surface area contributed by atoms with Gasteiger partial charge in [0.1, 0.15) is 5.82 Å². The number of anilines is 1. The fraction of sp³-hybridized carbons (Fsp3) is 0.636. The van der Waals surface area contributed by atoms with E-state index in [9.17, 15) is 0 Å². The Morgan fingerprint density at radius 3 is 2.53 bits per heavy atom. The second-order valence-corrected chi connectivity index (χ2v) is 4.87. The highest BCUT2D eigenvalue weighted by Gasteiger charge is 2.26. The van der Waals surface area contributed by atoms with Crippen molar-refractivity contribution >= 4 is 17.4 Å². The van der Waals surface area contributed by atoms with E-state index in [4.69, 9.17) is 11.6 Å². The molecule has 0 amide bonds. The molecule has 0 aliphatic heterocycles. The fourth-order valence-corrected chi connectivity index (χ4v) is 2.25. The van der Waals surface area contributed by atoms with Gasteiger partial charge in [-0.05, 0) is 31.9 Å². The maximum atomic E-state index is 5.69. The van der Waals surface area contributed by atoms with E-state index >= 15 is 0 Å². The lowest BCUT2D eigenvalue weighted by Gasteiger charge is -2.34. The number of nitrogens with zero attached hydrogens (tertiary/aromatic N) is 2. The third-order valence-corrected chi connectivity index (χ3v) is 3.22. The van der Waals surface area contributed by atoms with E-state index in [0.29, 0.717) is 5.15 Å². The van der Waals surface area contributed by atoms with Gasteiger partial charge in [-0.25, -0.2) is 0 Å². The molecular formula is C11H16ClN3. The molecular weight excluding hydrogens is 210 g/mol. The van der Waals surface area contributed by atoms with Gasteiger partial charge in [-0.1, -0.05) is 30.9 Å². The van der Waals surface area contributed by atoms with Crippen molar-refractivity contribution in [3.05, 3.63) is 17.3 Å². The van der Waals surface area contributed by atoms with Gasteiger partial charge < -0.3 is 5.32 Å². The quantitative estimate of drug-likeness (QED) is 0.840. The smallest absolute Gasteiger partial charge is 0.151 e. The van der Waals surface area contributed by atoms with Gasteiger partial charge in [0, 0.05) is 5.54 Å². The molecule has 3 nitrogen and oxygen atoms in total. The average Bonchev–Trinajstić information content (AvgIpc) is 2.22. The predicted octanol–water partition coefficient (Wildman–Crippen LogP) is 3.26. The molecule has 2 rings (SSSR count). The fourth-order valence-electron chi connectivity index (χ4n) is 2.15. The summed E-state index contributed by atoms with van der Waals surface area (Å²) in [6.45, 7) is 2.25. The van der Waals surface area contributed by atoms with Crippen LogP contribution in [0.3, 0.4) is 0 Å². The summed E-state index contributed by atoms with van der Waals surface area (Å²) in [4.78, 5) is 0. The SMILES string of the molecule is CC1(Nc2ccc(Cl)nn2)CCCCC1. The normalized spacial score (nSPS) is 19.9. The molecule has 1 saturated carbocycles. The minimum Gasteiger partial charge on any atom is -0.363 e. The molecule has 15 heavy (non-hydrogen) atoms. The summed E-state index contributed by atoms with van der Waals surface area (Å²) in [7, 11) is 0. The number of hydrogen-bond acceptors (Lipinski definition) is 3. The highest BCUT2D eigenvalue weighted by molar-refractivity contribution is 6.29. The molecule has 0 unspecified atom stereocenters. The Balaban J connectivity index is 2.03. The van der Waals surface area contributed by atoms with Gasteiger partial charge in [-0.3, -0.25) is 0 Å². The van der Waals surface area contributed by atoms with Crippen LogP contribution in [0.15, 0.2) is 12.1 Å². The Morgan fingerprint density at radius 2 is 1.93 bits per heavy atom. The van der Waals surface area contributed by atoms with Crippen LogP contribution in [0.4, 0.5) is 5.82 Å². The van der Waals surface area contributed by atoms with Gasteiger partial charge in [0.05, 0.1) is 0 Å². The number of rotatable bonds is 2. The summed E-state index contributed by atoms with van der Waals surface area (Å²) < 4.78 is 0. The number of aromatic nitrogens is 2. The zero-order valence-corrected chi connectivity index (χ0v) is 9.72. The zero-order valence-electron chi connectivity index (χ0n) is 8.96. The maximum Gasteiger partial charge on any atom is 0.151 e. The van der Waals surface area contributed by atoms with E-state index in [0.717, 1.165) is 5.82 Å². The molecule has 0 aromatic carbocycles. The lowest BCUT2D eigenvalue weighted by molar-refractivity contribution is 0.348. The molecule has 1 N–H and O–H groups in total. The maximum absolute atomic E-state index is 5.69. The first-order chi connectivity index (χ1) is 7.18. The van der Waals surface area contributed by atoms with Gasteiger partial charge in [0.15, 0.2) is 5.15 Å². The van der Waals surface area contributed by atoms with E-state index < -0.39 is 0 Å². The highest BCUT2D eigenvalue weighted by Crippen LogP contribution is 2.30. The number of nitrogens with one attached hydrogen (secondary N) is 1. The largest absolute Gasteiger partial charge is 0.363 e. The summed E-state index contributed by atoms with van der Waals surface area (Å²) in [5.74, 6) is 0.823. The third kappa shape index (κ3) is 2.81. The zero-order chi connectivity index (χ0) is 10.7. The summed E-state index contributed by atoms with van der Waals surface area (Å²) >= 11 is 5.69. The van der Waals surface area contributed by atoms with Crippen LogP contribution in [0, 0.1) is 0 Å². The first-order valence-electron chi connectivity index (χ1n) is 5.45. The number of halogens is 1. The minimum atomic E-state index is 0.181. The topological polar surface area (TPSA) is 37.8 Å². The van der Waals surface area contributed by atoms with Gasteiger partial charge >= 0.3 is 0 Å². The van der Waals surface area contributed by atoms with Crippen LogP contribution in [0.2, 0.25) is 5.15 Å². The van der Waals surface area contributed by atoms with Crippen LogP contribution in [0.1, 0.15) is 39.0 Å². The van der Waals surface area contributed by atoms with Crippen molar-refractivity contribution in [2.45, 2.75) is 44.6 Å². The molecule has 1 fully saturated rings. The van der Waals surface area contributed by atoms with E-state index in [2.05, 4.69) is 22.4 Å².